The molecule has 0 saturated carbocycles. The maximum Gasteiger partial charge on any atom is 0.169 e. The number of hydrogen-bond donors (Lipinski definition) is 1. The number of para-hydroxylation sites is 1. The number of halogens is 1. The topological polar surface area (TPSA) is 42.6 Å². The first-order valence-electron chi connectivity index (χ1n) is 5.37. The smallest absolute Gasteiger partial charge is 0.169 e. The van der Waals surface area contributed by atoms with E-state index >= 15 is 0 Å². The van der Waals surface area contributed by atoms with Crippen LogP contribution in [0.3, 0.4) is 0 Å². The monoisotopic (exact) mass is 296 g/mol. The van der Waals surface area contributed by atoms with Gasteiger partial charge in [0, 0.05) is 5.56 Å². The van der Waals surface area contributed by atoms with Gasteiger partial charge in [-0.3, -0.25) is 0 Å². The highest BCUT2D eigenvalue weighted by Crippen LogP contribution is 2.31. The molecule has 0 radical (unpaired) electrons. The minimum Gasteiger partial charge on any atom is -0.493 e. The molecule has 0 aliphatic heterocycles. The quantitative estimate of drug-likeness (QED) is 0.939. The van der Waals surface area contributed by atoms with E-state index in [4.69, 9.17) is 9.15 Å². The maximum absolute atomic E-state index is 10.2. The van der Waals surface area contributed by atoms with Crippen LogP contribution in [-0.2, 0) is 0 Å². The maximum atomic E-state index is 10.2. The van der Waals surface area contributed by atoms with Crippen LogP contribution in [0.5, 0.6) is 5.75 Å². The van der Waals surface area contributed by atoms with E-state index in [1.54, 1.807) is 12.1 Å². The van der Waals surface area contributed by atoms with Gasteiger partial charge in [0.15, 0.2) is 4.67 Å². The van der Waals surface area contributed by atoms with Gasteiger partial charge in [-0.15, -0.1) is 0 Å². The Labute approximate surface area is 108 Å². The lowest BCUT2D eigenvalue weighted by molar-refractivity contribution is 0.181. The molecule has 1 N–H and O–H groups in total. The van der Waals surface area contributed by atoms with Crippen LogP contribution in [0.15, 0.2) is 45.5 Å². The molecular formula is C13H13BrO3. The third-order valence-electron chi connectivity index (χ3n) is 2.38. The molecule has 1 aromatic heterocycles. The SMILES string of the molecule is CCOc1ccccc1C(O)c1ccc(Br)o1. The highest BCUT2D eigenvalue weighted by Gasteiger charge is 2.18. The minimum absolute atomic E-state index is 0.490. The van der Waals surface area contributed by atoms with Crippen LogP contribution in [0, 0.1) is 0 Å². The summed E-state index contributed by atoms with van der Waals surface area (Å²) in [6, 6.07) is 10.9. The summed E-state index contributed by atoms with van der Waals surface area (Å²) in [6.07, 6.45) is -0.816. The van der Waals surface area contributed by atoms with Crippen molar-refractivity contribution in [3.8, 4) is 5.75 Å². The van der Waals surface area contributed by atoms with Gasteiger partial charge in [0.25, 0.3) is 0 Å². The molecule has 90 valence electrons. The third-order valence-corrected chi connectivity index (χ3v) is 2.80. The van der Waals surface area contributed by atoms with Gasteiger partial charge in [0.1, 0.15) is 17.6 Å². The number of furan rings is 1. The van der Waals surface area contributed by atoms with E-state index in [0.717, 1.165) is 0 Å². The van der Waals surface area contributed by atoms with E-state index in [2.05, 4.69) is 15.9 Å². The summed E-state index contributed by atoms with van der Waals surface area (Å²) >= 11 is 3.21. The van der Waals surface area contributed by atoms with Gasteiger partial charge in [-0.2, -0.15) is 0 Å². The molecule has 1 aromatic carbocycles. The first-order valence-corrected chi connectivity index (χ1v) is 6.16. The number of rotatable bonds is 4. The standard InChI is InChI=1S/C13H13BrO3/c1-2-16-10-6-4-3-5-9(10)13(15)11-7-8-12(14)17-11/h3-8,13,15H,2H2,1H3. The van der Waals surface area contributed by atoms with Crippen molar-refractivity contribution >= 4 is 15.9 Å². The minimum atomic E-state index is -0.816. The summed E-state index contributed by atoms with van der Waals surface area (Å²) in [5.74, 6) is 1.17. The van der Waals surface area contributed by atoms with Crippen molar-refractivity contribution in [1.82, 2.24) is 0 Å². The lowest BCUT2D eigenvalue weighted by Gasteiger charge is -2.13. The second-order valence-electron chi connectivity index (χ2n) is 3.52. The largest absolute Gasteiger partial charge is 0.493 e. The Kier molecular flexibility index (Phi) is 3.86. The zero-order valence-electron chi connectivity index (χ0n) is 9.39. The Hall–Kier alpha value is -1.26. The highest BCUT2D eigenvalue weighted by atomic mass is 79.9. The normalized spacial score (nSPS) is 12.4. The Morgan fingerprint density at radius 3 is 2.71 bits per heavy atom. The predicted molar refractivity (Wildman–Crippen MR) is 68.1 cm³/mol. The lowest BCUT2D eigenvalue weighted by Crippen LogP contribution is -2.02. The number of aliphatic hydroxyl groups excluding tert-OH is 1. The number of ether oxygens (including phenoxy) is 1. The van der Waals surface area contributed by atoms with Gasteiger partial charge < -0.3 is 14.3 Å². The van der Waals surface area contributed by atoms with E-state index in [1.807, 2.05) is 31.2 Å². The first kappa shape index (κ1) is 12.2. The molecule has 3 nitrogen and oxygen atoms in total. The molecule has 0 fully saturated rings. The van der Waals surface area contributed by atoms with E-state index in [9.17, 15) is 5.11 Å². The summed E-state index contributed by atoms with van der Waals surface area (Å²) in [6.45, 7) is 2.47. The van der Waals surface area contributed by atoms with Crippen LogP contribution in [0.1, 0.15) is 24.4 Å². The van der Waals surface area contributed by atoms with Crippen LogP contribution >= 0.6 is 15.9 Å². The van der Waals surface area contributed by atoms with Crippen molar-refractivity contribution in [2.75, 3.05) is 6.61 Å². The molecule has 1 heterocycles. The zero-order chi connectivity index (χ0) is 12.3. The Morgan fingerprint density at radius 1 is 1.29 bits per heavy atom. The van der Waals surface area contributed by atoms with Crippen molar-refractivity contribution in [2.45, 2.75) is 13.0 Å². The van der Waals surface area contributed by atoms with Gasteiger partial charge in [0.05, 0.1) is 6.61 Å². The molecule has 0 spiro atoms. The predicted octanol–water partition coefficient (Wildman–Crippen LogP) is 3.52. The Balaban J connectivity index is 2.33. The van der Waals surface area contributed by atoms with Crippen LogP contribution in [-0.4, -0.2) is 11.7 Å². The molecular weight excluding hydrogens is 284 g/mol. The van der Waals surface area contributed by atoms with E-state index in [0.29, 0.717) is 28.3 Å². The second-order valence-corrected chi connectivity index (χ2v) is 4.30. The highest BCUT2D eigenvalue weighted by molar-refractivity contribution is 9.10. The summed E-state index contributed by atoms with van der Waals surface area (Å²) in [5, 5.41) is 10.2. The molecule has 1 atom stereocenters. The van der Waals surface area contributed by atoms with Crippen molar-refractivity contribution in [3.63, 3.8) is 0 Å². The van der Waals surface area contributed by atoms with Gasteiger partial charge in [-0.25, -0.2) is 0 Å². The van der Waals surface area contributed by atoms with E-state index < -0.39 is 6.10 Å². The Bertz CT molecular complexity index is 493. The molecule has 0 bridgehead atoms. The van der Waals surface area contributed by atoms with E-state index in [-0.39, 0.29) is 0 Å². The molecule has 0 aliphatic carbocycles. The molecule has 0 amide bonds. The third kappa shape index (κ3) is 2.70. The lowest BCUT2D eigenvalue weighted by atomic mass is 10.1. The number of hydrogen-bond acceptors (Lipinski definition) is 3. The Morgan fingerprint density at radius 2 is 2.06 bits per heavy atom. The van der Waals surface area contributed by atoms with Gasteiger partial charge in [-0.1, -0.05) is 18.2 Å². The fourth-order valence-corrected chi connectivity index (χ4v) is 1.94. The number of benzene rings is 1. The molecule has 2 rings (SSSR count). The fourth-order valence-electron chi connectivity index (χ4n) is 1.62. The van der Waals surface area contributed by atoms with Gasteiger partial charge in [-0.05, 0) is 41.1 Å². The van der Waals surface area contributed by atoms with Crippen molar-refractivity contribution in [2.24, 2.45) is 0 Å². The van der Waals surface area contributed by atoms with Crippen LogP contribution in [0.2, 0.25) is 0 Å². The van der Waals surface area contributed by atoms with Crippen molar-refractivity contribution in [1.29, 1.82) is 0 Å². The second kappa shape index (κ2) is 5.38. The summed E-state index contributed by atoms with van der Waals surface area (Å²) in [7, 11) is 0. The molecule has 1 unspecified atom stereocenters. The average Bonchev–Trinajstić information content (AvgIpc) is 2.76. The van der Waals surface area contributed by atoms with Gasteiger partial charge >= 0.3 is 0 Å². The number of aliphatic hydroxyl groups is 1. The van der Waals surface area contributed by atoms with E-state index in [1.165, 1.54) is 0 Å². The fraction of sp³-hybridized carbons (Fsp3) is 0.231. The summed E-state index contributed by atoms with van der Waals surface area (Å²) < 4.78 is 11.4. The van der Waals surface area contributed by atoms with Crippen LogP contribution < -0.4 is 4.74 Å². The molecule has 2 aromatic rings. The molecule has 17 heavy (non-hydrogen) atoms. The van der Waals surface area contributed by atoms with Gasteiger partial charge in [0.2, 0.25) is 0 Å². The first-order chi connectivity index (χ1) is 8.22. The molecule has 0 aliphatic rings. The molecule has 4 heteroatoms. The molecule has 0 saturated heterocycles. The van der Waals surface area contributed by atoms with Crippen LogP contribution in [0.25, 0.3) is 0 Å². The zero-order valence-corrected chi connectivity index (χ0v) is 11.0. The summed E-state index contributed by atoms with van der Waals surface area (Å²) in [5.41, 5.74) is 0.705. The van der Waals surface area contributed by atoms with Crippen molar-refractivity contribution in [3.05, 3.63) is 52.4 Å². The summed E-state index contributed by atoms with van der Waals surface area (Å²) in [4.78, 5) is 0. The van der Waals surface area contributed by atoms with Crippen molar-refractivity contribution < 1.29 is 14.3 Å². The average molecular weight is 297 g/mol. The van der Waals surface area contributed by atoms with Crippen LogP contribution in [0.4, 0.5) is 0 Å².